The van der Waals surface area contributed by atoms with Crippen LogP contribution in [0, 0.1) is 11.8 Å². The van der Waals surface area contributed by atoms with Gasteiger partial charge in [-0.25, -0.2) is 0 Å². The van der Waals surface area contributed by atoms with Crippen LogP contribution in [0.1, 0.15) is 58.4 Å². The second-order valence-corrected chi connectivity index (χ2v) is 5.56. The van der Waals surface area contributed by atoms with Gasteiger partial charge >= 0.3 is 0 Å². The molecule has 1 aromatic rings. The van der Waals surface area contributed by atoms with Crippen molar-refractivity contribution < 1.29 is 5.11 Å². The molecule has 19 heavy (non-hydrogen) atoms. The monoisotopic (exact) mass is 261 g/mol. The number of unbranched alkanes of at least 4 members (excludes halogenated alkanes) is 1. The fourth-order valence-electron chi connectivity index (χ4n) is 2.57. The van der Waals surface area contributed by atoms with Gasteiger partial charge in [0.25, 0.3) is 0 Å². The van der Waals surface area contributed by atoms with E-state index in [0.29, 0.717) is 5.92 Å². The first-order valence-corrected chi connectivity index (χ1v) is 7.75. The van der Waals surface area contributed by atoms with E-state index >= 15 is 0 Å². The molecule has 0 amide bonds. The van der Waals surface area contributed by atoms with Gasteiger partial charge in [0.15, 0.2) is 0 Å². The molecule has 1 radical (unpaired) electrons. The smallest absolute Gasteiger partial charge is 0.0628 e. The van der Waals surface area contributed by atoms with Gasteiger partial charge in [0.1, 0.15) is 0 Å². The van der Waals surface area contributed by atoms with E-state index in [4.69, 9.17) is 0 Å². The Bertz CT molecular complexity index is 320. The summed E-state index contributed by atoms with van der Waals surface area (Å²) in [5.41, 5.74) is 1.36. The summed E-state index contributed by atoms with van der Waals surface area (Å²) in [7, 11) is 0. The fraction of sp³-hybridized carbons (Fsp3) is 0.611. The van der Waals surface area contributed by atoms with E-state index in [1.54, 1.807) is 0 Å². The fourth-order valence-corrected chi connectivity index (χ4v) is 2.57. The Hall–Kier alpha value is -0.820. The standard InChI is InChI=1S/C18H29O/c1-4-6-10-15(3)18(19)17(5-2)14-13-16-11-8-7-9-12-16/h7-9,11-12,15,18-19H,4-6,10,13-14H2,1-3H3. The van der Waals surface area contributed by atoms with Gasteiger partial charge in [-0.15, -0.1) is 0 Å². The number of aliphatic hydroxyl groups excluding tert-OH is 1. The number of benzene rings is 1. The van der Waals surface area contributed by atoms with Crippen molar-refractivity contribution in [2.75, 3.05) is 0 Å². The predicted octanol–water partition coefficient (Wildman–Crippen LogP) is 4.79. The van der Waals surface area contributed by atoms with Crippen molar-refractivity contribution in [3.8, 4) is 0 Å². The Labute approximate surface area is 119 Å². The maximum absolute atomic E-state index is 10.4. The van der Waals surface area contributed by atoms with Crippen LogP contribution in [0.2, 0.25) is 0 Å². The lowest BCUT2D eigenvalue weighted by atomic mass is 9.84. The molecule has 0 saturated heterocycles. The zero-order chi connectivity index (χ0) is 14.1. The van der Waals surface area contributed by atoms with E-state index in [1.165, 1.54) is 24.3 Å². The Morgan fingerprint density at radius 3 is 2.42 bits per heavy atom. The molecule has 0 aliphatic heterocycles. The molecule has 1 N–H and O–H groups in total. The van der Waals surface area contributed by atoms with Crippen molar-refractivity contribution in [3.05, 3.63) is 41.8 Å². The molecular formula is C18H29O. The number of rotatable bonds is 9. The Morgan fingerprint density at radius 2 is 1.84 bits per heavy atom. The van der Waals surface area contributed by atoms with Crippen LogP contribution in [0.15, 0.2) is 30.3 Å². The van der Waals surface area contributed by atoms with E-state index in [9.17, 15) is 5.11 Å². The number of hydrogen-bond donors (Lipinski definition) is 1. The van der Waals surface area contributed by atoms with Crippen molar-refractivity contribution in [3.63, 3.8) is 0 Å². The second-order valence-electron chi connectivity index (χ2n) is 5.56. The summed E-state index contributed by atoms with van der Waals surface area (Å²) in [5.74, 6) is 1.71. The van der Waals surface area contributed by atoms with Crippen molar-refractivity contribution >= 4 is 0 Å². The average Bonchev–Trinajstić information content (AvgIpc) is 2.46. The molecule has 0 heterocycles. The van der Waals surface area contributed by atoms with Crippen LogP contribution in [0.25, 0.3) is 0 Å². The minimum Gasteiger partial charge on any atom is -0.392 e. The summed E-state index contributed by atoms with van der Waals surface area (Å²) in [6, 6.07) is 10.6. The second kappa shape index (κ2) is 9.14. The first-order chi connectivity index (χ1) is 9.19. The maximum Gasteiger partial charge on any atom is 0.0628 e. The molecule has 1 nitrogen and oxygen atoms in total. The summed E-state index contributed by atoms with van der Waals surface area (Å²) in [4.78, 5) is 0. The topological polar surface area (TPSA) is 20.2 Å². The van der Waals surface area contributed by atoms with E-state index in [-0.39, 0.29) is 6.10 Å². The number of aliphatic hydroxyl groups is 1. The van der Waals surface area contributed by atoms with Crippen LogP contribution in [0.4, 0.5) is 0 Å². The summed E-state index contributed by atoms with van der Waals surface area (Å²) < 4.78 is 0. The molecule has 0 spiro atoms. The molecular weight excluding hydrogens is 232 g/mol. The highest BCUT2D eigenvalue weighted by Gasteiger charge is 2.23. The van der Waals surface area contributed by atoms with Crippen LogP contribution < -0.4 is 0 Å². The lowest BCUT2D eigenvalue weighted by Crippen LogP contribution is -2.26. The maximum atomic E-state index is 10.4. The van der Waals surface area contributed by atoms with Crippen LogP contribution in [0.5, 0.6) is 0 Å². The minimum absolute atomic E-state index is 0.222. The van der Waals surface area contributed by atoms with E-state index in [0.717, 1.165) is 25.7 Å². The van der Waals surface area contributed by atoms with Crippen molar-refractivity contribution in [2.24, 2.45) is 5.92 Å². The van der Waals surface area contributed by atoms with Gasteiger partial charge in [0.05, 0.1) is 6.10 Å². The van der Waals surface area contributed by atoms with E-state index < -0.39 is 0 Å². The Balaban J connectivity index is 2.43. The molecule has 0 saturated carbocycles. The number of hydrogen-bond acceptors (Lipinski definition) is 1. The third-order valence-electron chi connectivity index (χ3n) is 4.00. The SMILES string of the molecule is CCCCC(C)C(O)[C](CC)CCc1ccccc1. The normalized spacial score (nSPS) is 14.6. The minimum atomic E-state index is -0.222. The molecule has 107 valence electrons. The molecule has 0 aromatic heterocycles. The number of aryl methyl sites for hydroxylation is 1. The molecule has 0 fully saturated rings. The van der Waals surface area contributed by atoms with Gasteiger partial charge < -0.3 is 5.11 Å². The first kappa shape index (κ1) is 16.2. The molecule has 0 aliphatic carbocycles. The van der Waals surface area contributed by atoms with Gasteiger partial charge in [-0.05, 0) is 37.2 Å². The first-order valence-electron chi connectivity index (χ1n) is 7.75. The zero-order valence-electron chi connectivity index (χ0n) is 12.7. The predicted molar refractivity (Wildman–Crippen MR) is 83.0 cm³/mol. The van der Waals surface area contributed by atoms with Crippen molar-refractivity contribution in [1.29, 1.82) is 0 Å². The summed E-state index contributed by atoms with van der Waals surface area (Å²) in [5, 5.41) is 10.4. The average molecular weight is 261 g/mol. The highest BCUT2D eigenvalue weighted by Crippen LogP contribution is 2.26. The molecule has 2 atom stereocenters. The lowest BCUT2D eigenvalue weighted by molar-refractivity contribution is 0.114. The lowest BCUT2D eigenvalue weighted by Gasteiger charge is -2.26. The van der Waals surface area contributed by atoms with E-state index in [2.05, 4.69) is 51.1 Å². The highest BCUT2D eigenvalue weighted by atomic mass is 16.3. The molecule has 0 aliphatic rings. The molecule has 2 unspecified atom stereocenters. The van der Waals surface area contributed by atoms with E-state index in [1.807, 2.05) is 0 Å². The van der Waals surface area contributed by atoms with Crippen LogP contribution in [0.3, 0.4) is 0 Å². The summed E-state index contributed by atoms with van der Waals surface area (Å²) >= 11 is 0. The van der Waals surface area contributed by atoms with Crippen LogP contribution in [-0.4, -0.2) is 11.2 Å². The van der Waals surface area contributed by atoms with Crippen LogP contribution in [-0.2, 0) is 6.42 Å². The van der Waals surface area contributed by atoms with Crippen molar-refractivity contribution in [1.82, 2.24) is 0 Å². The molecule has 1 rings (SSSR count). The Morgan fingerprint density at radius 1 is 1.16 bits per heavy atom. The quantitative estimate of drug-likeness (QED) is 0.677. The largest absolute Gasteiger partial charge is 0.392 e. The van der Waals surface area contributed by atoms with Gasteiger partial charge in [0, 0.05) is 5.92 Å². The van der Waals surface area contributed by atoms with Crippen LogP contribution >= 0.6 is 0 Å². The molecule has 0 bridgehead atoms. The van der Waals surface area contributed by atoms with Gasteiger partial charge in [-0.1, -0.05) is 63.9 Å². The summed E-state index contributed by atoms with van der Waals surface area (Å²) in [6.07, 6.45) is 6.38. The molecule has 1 heteroatoms. The van der Waals surface area contributed by atoms with Gasteiger partial charge in [-0.3, -0.25) is 0 Å². The third kappa shape index (κ3) is 5.78. The van der Waals surface area contributed by atoms with Crippen molar-refractivity contribution in [2.45, 2.75) is 65.4 Å². The van der Waals surface area contributed by atoms with Gasteiger partial charge in [0.2, 0.25) is 0 Å². The molecule has 1 aromatic carbocycles. The zero-order valence-corrected chi connectivity index (χ0v) is 12.7. The summed E-state index contributed by atoms with van der Waals surface area (Å²) in [6.45, 7) is 6.55. The van der Waals surface area contributed by atoms with Gasteiger partial charge in [-0.2, -0.15) is 0 Å². The highest BCUT2D eigenvalue weighted by molar-refractivity contribution is 5.16. The Kier molecular flexibility index (Phi) is 7.81. The third-order valence-corrected chi connectivity index (χ3v) is 4.00.